The minimum atomic E-state index is -0.661. The van der Waals surface area contributed by atoms with Crippen LogP contribution in [0.25, 0.3) is 33.2 Å². The number of pyridine rings is 1. The van der Waals surface area contributed by atoms with Crippen LogP contribution in [0.4, 0.5) is 14.5 Å². The minimum Gasteiger partial charge on any atom is -0.506 e. The first-order chi connectivity index (χ1) is 18.0. The highest BCUT2D eigenvalue weighted by Gasteiger charge is 2.33. The molecule has 2 N–H and O–H groups in total. The lowest BCUT2D eigenvalue weighted by molar-refractivity contribution is -0.00896. The number of piperidine rings is 1. The molecule has 8 heteroatoms. The van der Waals surface area contributed by atoms with E-state index in [1.54, 1.807) is 24.4 Å². The van der Waals surface area contributed by atoms with Crippen molar-refractivity contribution in [1.29, 1.82) is 5.26 Å². The Hall–Kier alpha value is -4.06. The van der Waals surface area contributed by atoms with Crippen LogP contribution in [-0.4, -0.2) is 48.5 Å². The Balaban J connectivity index is 1.56. The summed E-state index contributed by atoms with van der Waals surface area (Å²) in [5, 5.41) is 24.4. The molecule has 2 atom stereocenters. The van der Waals surface area contributed by atoms with Crippen LogP contribution in [0.2, 0.25) is 0 Å². The Bertz CT molecular complexity index is 1530. The number of rotatable bonds is 3. The first-order valence-corrected chi connectivity index (χ1v) is 12.2. The summed E-state index contributed by atoms with van der Waals surface area (Å²) in [6.45, 7) is 2.79. The number of hydrogen-bond acceptors (Lipinski definition) is 6. The van der Waals surface area contributed by atoms with E-state index in [-0.39, 0.29) is 23.5 Å². The lowest BCUT2D eigenvalue weighted by Crippen LogP contribution is -2.57. The Kier molecular flexibility index (Phi) is 5.95. The molecule has 2 unspecified atom stereocenters. The number of aromatic nitrogens is 1. The van der Waals surface area contributed by atoms with E-state index in [9.17, 15) is 19.1 Å². The van der Waals surface area contributed by atoms with E-state index in [1.807, 2.05) is 24.3 Å². The number of benzene rings is 3. The van der Waals surface area contributed by atoms with Gasteiger partial charge in [-0.2, -0.15) is 5.26 Å². The van der Waals surface area contributed by atoms with Gasteiger partial charge in [-0.1, -0.05) is 18.2 Å². The van der Waals surface area contributed by atoms with Crippen molar-refractivity contribution in [2.45, 2.75) is 18.6 Å². The van der Waals surface area contributed by atoms with Crippen LogP contribution in [0.15, 0.2) is 60.8 Å². The maximum atomic E-state index is 14.3. The van der Waals surface area contributed by atoms with Gasteiger partial charge in [-0.05, 0) is 47.9 Å². The van der Waals surface area contributed by atoms with Crippen molar-refractivity contribution in [3.05, 3.63) is 78.0 Å². The zero-order chi connectivity index (χ0) is 25.5. The van der Waals surface area contributed by atoms with Crippen LogP contribution in [0.3, 0.4) is 0 Å². The fourth-order valence-corrected chi connectivity index (χ4v) is 5.45. The summed E-state index contributed by atoms with van der Waals surface area (Å²) in [5.41, 5.74) is 3.93. The number of anilines is 1. The molecule has 0 aliphatic carbocycles. The van der Waals surface area contributed by atoms with Gasteiger partial charge in [0.2, 0.25) is 0 Å². The number of morpholine rings is 1. The second-order valence-electron chi connectivity index (χ2n) is 9.43. The Labute approximate surface area is 212 Å². The van der Waals surface area contributed by atoms with Crippen LogP contribution >= 0.6 is 0 Å². The van der Waals surface area contributed by atoms with Crippen LogP contribution in [0.5, 0.6) is 5.75 Å². The molecule has 186 valence electrons. The summed E-state index contributed by atoms with van der Waals surface area (Å²) in [6.07, 6.45) is 2.50. The molecular formula is C29H24F2N4O2. The van der Waals surface area contributed by atoms with Crippen LogP contribution in [0, 0.1) is 23.0 Å². The van der Waals surface area contributed by atoms with Crippen molar-refractivity contribution in [2.24, 2.45) is 0 Å². The minimum absolute atomic E-state index is 0.0117. The van der Waals surface area contributed by atoms with Crippen LogP contribution < -0.4 is 10.2 Å². The molecule has 0 saturated carbocycles. The van der Waals surface area contributed by atoms with Crippen LogP contribution in [-0.2, 0) is 4.74 Å². The fraction of sp³-hybridized carbons (Fsp3) is 0.241. The van der Waals surface area contributed by atoms with Gasteiger partial charge in [-0.15, -0.1) is 0 Å². The lowest BCUT2D eigenvalue weighted by Gasteiger charge is -2.43. The van der Waals surface area contributed by atoms with Crippen LogP contribution in [0.1, 0.15) is 12.0 Å². The summed E-state index contributed by atoms with van der Waals surface area (Å²) in [6, 6.07) is 16.4. The standard InChI is InChI=1S/C29H24F2N4O2/c30-20-10-19(11-21(31)13-20)24-15-34-25-5-4-17(22-3-1-2-18(14-32)29(22)36)12-23(25)28(24)35-8-6-26-27(16-35)37-9-7-33-26/h1-5,10-13,15,26-27,33,36H,6-9,16H2. The Morgan fingerprint density at radius 1 is 1.05 bits per heavy atom. The lowest BCUT2D eigenvalue weighted by atomic mass is 9.94. The highest BCUT2D eigenvalue weighted by Crippen LogP contribution is 2.41. The molecule has 2 fully saturated rings. The number of nitrogens with zero attached hydrogens (tertiary/aromatic N) is 3. The summed E-state index contributed by atoms with van der Waals surface area (Å²) in [7, 11) is 0. The average Bonchev–Trinajstić information content (AvgIpc) is 2.91. The van der Waals surface area contributed by atoms with E-state index >= 15 is 0 Å². The van der Waals surface area contributed by atoms with Crippen molar-refractivity contribution in [1.82, 2.24) is 10.3 Å². The zero-order valence-corrected chi connectivity index (χ0v) is 19.9. The fourth-order valence-electron chi connectivity index (χ4n) is 5.45. The van der Waals surface area contributed by atoms with Gasteiger partial charge in [-0.25, -0.2) is 8.78 Å². The quantitative estimate of drug-likeness (QED) is 0.414. The number of nitriles is 1. The zero-order valence-electron chi connectivity index (χ0n) is 19.9. The monoisotopic (exact) mass is 498 g/mol. The number of phenolic OH excluding ortho intramolecular Hbond substituents is 1. The predicted molar refractivity (Wildman–Crippen MR) is 137 cm³/mol. The topological polar surface area (TPSA) is 81.4 Å². The first kappa shape index (κ1) is 23.3. The van der Waals surface area contributed by atoms with Gasteiger partial charge >= 0.3 is 0 Å². The van der Waals surface area contributed by atoms with Gasteiger partial charge in [0.15, 0.2) is 0 Å². The number of halogens is 2. The van der Waals surface area contributed by atoms with E-state index in [0.29, 0.717) is 40.9 Å². The molecule has 0 spiro atoms. The molecule has 0 amide bonds. The van der Waals surface area contributed by atoms with Gasteiger partial charge < -0.3 is 20.1 Å². The first-order valence-electron chi connectivity index (χ1n) is 12.2. The number of fused-ring (bicyclic) bond motifs is 2. The summed E-state index contributed by atoms with van der Waals surface area (Å²) in [5.74, 6) is -1.41. The highest BCUT2D eigenvalue weighted by atomic mass is 19.1. The molecule has 2 aliphatic heterocycles. The molecule has 0 bridgehead atoms. The molecule has 3 heterocycles. The third-order valence-corrected chi connectivity index (χ3v) is 7.20. The molecular weight excluding hydrogens is 474 g/mol. The van der Waals surface area contributed by atoms with Gasteiger partial charge in [-0.3, -0.25) is 4.98 Å². The highest BCUT2D eigenvalue weighted by molar-refractivity contribution is 6.02. The number of phenols is 1. The van der Waals surface area contributed by atoms with E-state index in [0.717, 1.165) is 36.7 Å². The molecule has 0 radical (unpaired) electrons. The van der Waals surface area contributed by atoms with Crippen molar-refractivity contribution >= 4 is 16.6 Å². The molecule has 1 aromatic heterocycles. The van der Waals surface area contributed by atoms with Crippen molar-refractivity contribution < 1.29 is 18.6 Å². The number of aromatic hydroxyl groups is 1. The maximum Gasteiger partial charge on any atom is 0.141 e. The molecule has 4 aromatic rings. The Morgan fingerprint density at radius 2 is 1.89 bits per heavy atom. The van der Waals surface area contributed by atoms with E-state index < -0.39 is 11.6 Å². The van der Waals surface area contributed by atoms with Crippen molar-refractivity contribution in [2.75, 3.05) is 31.1 Å². The SMILES string of the molecule is N#Cc1cccc(-c2ccc3ncc(-c4cc(F)cc(F)c4)c(N4CCC5NCCOC5C4)c3c2)c1O. The van der Waals surface area contributed by atoms with E-state index in [2.05, 4.69) is 15.2 Å². The average molecular weight is 499 g/mol. The third-order valence-electron chi connectivity index (χ3n) is 7.20. The maximum absolute atomic E-state index is 14.3. The van der Waals surface area contributed by atoms with Crippen molar-refractivity contribution in [3.8, 4) is 34.1 Å². The number of nitrogens with one attached hydrogen (secondary N) is 1. The second-order valence-corrected chi connectivity index (χ2v) is 9.43. The summed E-state index contributed by atoms with van der Waals surface area (Å²) in [4.78, 5) is 6.81. The summed E-state index contributed by atoms with van der Waals surface area (Å²) >= 11 is 0. The predicted octanol–water partition coefficient (Wildman–Crippen LogP) is 4.99. The van der Waals surface area contributed by atoms with Crippen molar-refractivity contribution in [3.63, 3.8) is 0 Å². The molecule has 2 aliphatic rings. The van der Waals surface area contributed by atoms with Gasteiger partial charge in [0.1, 0.15) is 23.5 Å². The Morgan fingerprint density at radius 3 is 2.70 bits per heavy atom. The normalized spacial score (nSPS) is 19.4. The number of para-hydroxylation sites is 1. The van der Waals surface area contributed by atoms with E-state index in [1.165, 1.54) is 12.1 Å². The second kappa shape index (κ2) is 9.43. The van der Waals surface area contributed by atoms with E-state index in [4.69, 9.17) is 4.74 Å². The molecule has 37 heavy (non-hydrogen) atoms. The molecule has 6 rings (SSSR count). The molecule has 2 saturated heterocycles. The number of hydrogen-bond donors (Lipinski definition) is 2. The molecule has 6 nitrogen and oxygen atoms in total. The number of ether oxygens (including phenoxy) is 1. The van der Waals surface area contributed by atoms with Gasteiger partial charge in [0, 0.05) is 54.5 Å². The molecule has 3 aromatic carbocycles. The van der Waals surface area contributed by atoms with Gasteiger partial charge in [0.25, 0.3) is 0 Å². The summed E-state index contributed by atoms with van der Waals surface area (Å²) < 4.78 is 34.6. The smallest absolute Gasteiger partial charge is 0.141 e. The third kappa shape index (κ3) is 4.26. The largest absolute Gasteiger partial charge is 0.506 e. The van der Waals surface area contributed by atoms with Gasteiger partial charge in [0.05, 0.1) is 29.5 Å².